The molecule has 0 bridgehead atoms. The predicted octanol–water partition coefficient (Wildman–Crippen LogP) is 3.65. The van der Waals surface area contributed by atoms with E-state index in [1.165, 1.54) is 12.1 Å². The molecule has 1 saturated heterocycles. The quantitative estimate of drug-likeness (QED) is 0.439. The number of carbonyl (C=O) groups excluding carboxylic acids is 1. The zero-order valence-electron chi connectivity index (χ0n) is 18.4. The van der Waals surface area contributed by atoms with Crippen LogP contribution in [0.4, 0.5) is 4.39 Å². The fourth-order valence-electron chi connectivity index (χ4n) is 4.12. The molecule has 1 aromatic carbocycles. The molecule has 8 nitrogen and oxygen atoms in total. The molecule has 5 rings (SSSR count). The first-order valence-electron chi connectivity index (χ1n) is 11.1. The molecule has 1 unspecified atom stereocenters. The number of ether oxygens (including phenoxy) is 1. The Labute approximate surface area is 196 Å². The third-order valence-electron chi connectivity index (χ3n) is 5.81. The van der Waals surface area contributed by atoms with E-state index in [-0.39, 0.29) is 24.2 Å². The molecule has 4 aromatic rings. The maximum atomic E-state index is 13.4. The van der Waals surface area contributed by atoms with Gasteiger partial charge < -0.3 is 9.64 Å². The van der Waals surface area contributed by atoms with Crippen molar-refractivity contribution < 1.29 is 13.9 Å². The summed E-state index contributed by atoms with van der Waals surface area (Å²) in [5.41, 5.74) is 2.41. The van der Waals surface area contributed by atoms with Crippen molar-refractivity contribution in [1.82, 2.24) is 29.6 Å². The van der Waals surface area contributed by atoms with Gasteiger partial charge in [0.2, 0.25) is 0 Å². The highest BCUT2D eigenvalue weighted by molar-refractivity contribution is 5.78. The number of piperidine rings is 1. The van der Waals surface area contributed by atoms with Crippen LogP contribution < -0.4 is 4.74 Å². The van der Waals surface area contributed by atoms with Crippen LogP contribution >= 0.6 is 0 Å². The molecule has 0 radical (unpaired) electrons. The number of nitrogens with zero attached hydrogens (tertiary/aromatic N) is 6. The number of rotatable bonds is 6. The second kappa shape index (κ2) is 9.78. The summed E-state index contributed by atoms with van der Waals surface area (Å²) in [4.78, 5) is 27.4. The van der Waals surface area contributed by atoms with Crippen LogP contribution in [0.25, 0.3) is 17.2 Å². The number of likely N-dealkylation sites (tertiary alicyclic amines) is 1. The summed E-state index contributed by atoms with van der Waals surface area (Å²) in [5, 5.41) is 4.74. The van der Waals surface area contributed by atoms with Crippen molar-refractivity contribution in [2.24, 2.45) is 0 Å². The maximum Gasteiger partial charge on any atom is 0.260 e. The molecule has 0 N–H and O–H groups in total. The van der Waals surface area contributed by atoms with Gasteiger partial charge in [-0.25, -0.2) is 19.0 Å². The zero-order valence-corrected chi connectivity index (χ0v) is 18.4. The van der Waals surface area contributed by atoms with E-state index in [1.54, 1.807) is 59.8 Å². The molecule has 0 aliphatic carbocycles. The zero-order chi connectivity index (χ0) is 23.3. The number of benzene rings is 1. The topological polar surface area (TPSA) is 86.0 Å². The van der Waals surface area contributed by atoms with Crippen LogP contribution in [0.15, 0.2) is 73.3 Å². The van der Waals surface area contributed by atoms with Gasteiger partial charge in [0.1, 0.15) is 11.6 Å². The average Bonchev–Trinajstić information content (AvgIpc) is 3.34. The van der Waals surface area contributed by atoms with Crippen molar-refractivity contribution in [2.45, 2.75) is 18.8 Å². The Kier molecular flexibility index (Phi) is 6.24. The lowest BCUT2D eigenvalue weighted by molar-refractivity contribution is -0.134. The van der Waals surface area contributed by atoms with Crippen LogP contribution in [0, 0.1) is 5.82 Å². The molecule has 172 valence electrons. The molecule has 1 fully saturated rings. The number of hydrogen-bond acceptors (Lipinski definition) is 6. The van der Waals surface area contributed by atoms with Crippen LogP contribution in [0.1, 0.15) is 24.5 Å². The van der Waals surface area contributed by atoms with Crippen LogP contribution in [0.5, 0.6) is 5.75 Å². The number of hydrogen-bond donors (Lipinski definition) is 0. The summed E-state index contributed by atoms with van der Waals surface area (Å²) < 4.78 is 20.8. The minimum Gasteiger partial charge on any atom is -0.482 e. The molecule has 0 spiro atoms. The number of halogens is 1. The number of amides is 1. The van der Waals surface area contributed by atoms with Crippen molar-refractivity contribution in [3.8, 4) is 23.0 Å². The van der Waals surface area contributed by atoms with Gasteiger partial charge in [0.25, 0.3) is 11.9 Å². The highest BCUT2D eigenvalue weighted by Crippen LogP contribution is 2.31. The SMILES string of the molecule is O=C(COc1cccnc1)N1CCCC(c2cc(-c3ccc(F)cc3)nn2-c2ncccn2)C1. The molecule has 1 aliphatic rings. The van der Waals surface area contributed by atoms with E-state index in [2.05, 4.69) is 15.0 Å². The predicted molar refractivity (Wildman–Crippen MR) is 123 cm³/mol. The first kappa shape index (κ1) is 21.7. The van der Waals surface area contributed by atoms with E-state index in [4.69, 9.17) is 9.84 Å². The average molecular weight is 458 g/mol. The molecule has 1 amide bonds. The third kappa shape index (κ3) is 4.78. The molecule has 3 aromatic heterocycles. The van der Waals surface area contributed by atoms with Gasteiger partial charge in [0, 0.05) is 43.2 Å². The maximum absolute atomic E-state index is 13.4. The monoisotopic (exact) mass is 458 g/mol. The first-order valence-corrected chi connectivity index (χ1v) is 11.1. The van der Waals surface area contributed by atoms with Gasteiger partial charge in [0.15, 0.2) is 6.61 Å². The fraction of sp³-hybridized carbons (Fsp3) is 0.240. The lowest BCUT2D eigenvalue weighted by Crippen LogP contribution is -2.42. The summed E-state index contributed by atoms with van der Waals surface area (Å²) in [6, 6.07) is 13.5. The van der Waals surface area contributed by atoms with Crippen LogP contribution in [-0.4, -0.2) is 55.2 Å². The van der Waals surface area contributed by atoms with E-state index >= 15 is 0 Å². The molecule has 9 heteroatoms. The molecular formula is C25H23FN6O2. The van der Waals surface area contributed by atoms with Gasteiger partial charge in [-0.15, -0.1) is 0 Å². The minimum absolute atomic E-state index is 0.0414. The second-order valence-electron chi connectivity index (χ2n) is 8.08. The second-order valence-corrected chi connectivity index (χ2v) is 8.08. The molecule has 0 saturated carbocycles. The van der Waals surface area contributed by atoms with Crippen molar-refractivity contribution >= 4 is 5.91 Å². The normalized spacial score (nSPS) is 15.8. The van der Waals surface area contributed by atoms with Gasteiger partial charge in [-0.3, -0.25) is 9.78 Å². The Morgan fingerprint density at radius 1 is 1.09 bits per heavy atom. The summed E-state index contributed by atoms with van der Waals surface area (Å²) in [6.45, 7) is 1.17. The lowest BCUT2D eigenvalue weighted by Gasteiger charge is -2.32. The number of aromatic nitrogens is 5. The third-order valence-corrected chi connectivity index (χ3v) is 5.81. The Morgan fingerprint density at radius 3 is 2.68 bits per heavy atom. The van der Waals surface area contributed by atoms with Gasteiger partial charge in [-0.1, -0.05) is 0 Å². The van der Waals surface area contributed by atoms with Crippen LogP contribution in [0.2, 0.25) is 0 Å². The van der Waals surface area contributed by atoms with Crippen molar-refractivity contribution in [2.75, 3.05) is 19.7 Å². The molecular weight excluding hydrogens is 435 g/mol. The number of carbonyl (C=O) groups is 1. The summed E-state index contributed by atoms with van der Waals surface area (Å²) in [5.74, 6) is 0.683. The molecule has 34 heavy (non-hydrogen) atoms. The van der Waals surface area contributed by atoms with Gasteiger partial charge in [0.05, 0.1) is 17.6 Å². The highest BCUT2D eigenvalue weighted by Gasteiger charge is 2.29. The Morgan fingerprint density at radius 2 is 1.91 bits per heavy atom. The summed E-state index contributed by atoms with van der Waals surface area (Å²) >= 11 is 0. The van der Waals surface area contributed by atoms with Gasteiger partial charge in [-0.2, -0.15) is 5.10 Å². The summed E-state index contributed by atoms with van der Waals surface area (Å²) in [6.07, 6.45) is 8.33. The van der Waals surface area contributed by atoms with Gasteiger partial charge in [-0.05, 0) is 61.4 Å². The molecule has 1 aliphatic heterocycles. The van der Waals surface area contributed by atoms with Crippen LogP contribution in [0.3, 0.4) is 0 Å². The van der Waals surface area contributed by atoms with E-state index in [0.717, 1.165) is 24.1 Å². The number of pyridine rings is 1. The van der Waals surface area contributed by atoms with Crippen molar-refractivity contribution in [1.29, 1.82) is 0 Å². The van der Waals surface area contributed by atoms with E-state index in [9.17, 15) is 9.18 Å². The minimum atomic E-state index is -0.301. The smallest absolute Gasteiger partial charge is 0.260 e. The highest BCUT2D eigenvalue weighted by atomic mass is 19.1. The molecule has 4 heterocycles. The summed E-state index contributed by atoms with van der Waals surface area (Å²) in [7, 11) is 0. The van der Waals surface area contributed by atoms with Crippen molar-refractivity contribution in [3.05, 3.63) is 84.8 Å². The van der Waals surface area contributed by atoms with Gasteiger partial charge >= 0.3 is 0 Å². The Balaban J connectivity index is 1.39. The van der Waals surface area contributed by atoms with E-state index in [0.29, 0.717) is 30.5 Å². The van der Waals surface area contributed by atoms with E-state index < -0.39 is 0 Å². The molecule has 1 atom stereocenters. The largest absolute Gasteiger partial charge is 0.482 e. The standard InChI is InChI=1S/C25H23FN6O2/c26-20-8-6-18(7-9-20)22-14-23(32(30-22)25-28-11-3-12-29-25)19-4-2-13-31(16-19)24(33)17-34-21-5-1-10-27-15-21/h1,3,5-12,14-15,19H,2,4,13,16-17H2. The lowest BCUT2D eigenvalue weighted by atomic mass is 9.94. The Bertz CT molecular complexity index is 1250. The first-order chi connectivity index (χ1) is 16.7. The van der Waals surface area contributed by atoms with Crippen LogP contribution in [-0.2, 0) is 4.79 Å². The fourth-order valence-corrected chi connectivity index (χ4v) is 4.12. The van der Waals surface area contributed by atoms with E-state index in [1.807, 2.05) is 11.0 Å². The Hall–Kier alpha value is -4.14. The van der Waals surface area contributed by atoms with Crippen molar-refractivity contribution in [3.63, 3.8) is 0 Å².